The summed E-state index contributed by atoms with van der Waals surface area (Å²) in [5, 5.41) is 24.3. The normalized spacial score (nSPS) is 15.0. The first kappa shape index (κ1) is 19.5. The zero-order chi connectivity index (χ0) is 19.5. The maximum absolute atomic E-state index is 9.73. The minimum absolute atomic E-state index is 0.400. The van der Waals surface area contributed by atoms with Crippen molar-refractivity contribution in [3.05, 3.63) is 53.7 Å². The number of nitrogens with one attached hydrogen (secondary N) is 1. The van der Waals surface area contributed by atoms with E-state index in [1.54, 1.807) is 30.1 Å². The number of ether oxygens (including phenoxy) is 1. The van der Waals surface area contributed by atoms with E-state index in [4.69, 9.17) is 16.3 Å². The molecule has 1 saturated heterocycles. The van der Waals surface area contributed by atoms with Crippen molar-refractivity contribution in [1.29, 1.82) is 0 Å². The molecule has 0 bridgehead atoms. The molecular formula is C19H19BClN3O3S. The van der Waals surface area contributed by atoms with E-state index in [2.05, 4.69) is 14.6 Å². The largest absolute Gasteiger partial charge is 0.490 e. The van der Waals surface area contributed by atoms with Crippen LogP contribution in [0.25, 0.3) is 10.9 Å². The number of anilines is 2. The fourth-order valence-corrected chi connectivity index (χ4v) is 4.23. The maximum Gasteiger partial charge on any atom is 0.490 e. The summed E-state index contributed by atoms with van der Waals surface area (Å²) in [4.78, 5) is 5.50. The van der Waals surface area contributed by atoms with Crippen molar-refractivity contribution in [3.63, 3.8) is 0 Å². The van der Waals surface area contributed by atoms with Crippen LogP contribution in [-0.2, 0) is 4.74 Å². The second-order valence-electron chi connectivity index (χ2n) is 6.38. The van der Waals surface area contributed by atoms with Gasteiger partial charge in [-0.2, -0.15) is 0 Å². The van der Waals surface area contributed by atoms with Crippen LogP contribution in [0.2, 0.25) is 5.02 Å². The Morgan fingerprint density at radius 3 is 2.71 bits per heavy atom. The predicted molar refractivity (Wildman–Crippen MR) is 115 cm³/mol. The fourth-order valence-electron chi connectivity index (χ4n) is 3.09. The lowest BCUT2D eigenvalue weighted by molar-refractivity contribution is 0.0773. The number of nitrogens with zero attached hydrogens (tertiary/aromatic N) is 2. The minimum atomic E-state index is -1.57. The van der Waals surface area contributed by atoms with Crippen molar-refractivity contribution in [3.8, 4) is 0 Å². The smallest absolute Gasteiger partial charge is 0.423 e. The lowest BCUT2D eigenvalue weighted by Crippen LogP contribution is -2.32. The molecule has 6 nitrogen and oxygen atoms in total. The molecule has 0 atom stereocenters. The molecule has 0 radical (unpaired) electrons. The number of rotatable bonds is 5. The van der Waals surface area contributed by atoms with Gasteiger partial charge in [-0.25, -0.2) is 4.31 Å². The van der Waals surface area contributed by atoms with Crippen LogP contribution in [0.1, 0.15) is 0 Å². The number of benzene rings is 2. The Kier molecular flexibility index (Phi) is 6.06. The summed E-state index contributed by atoms with van der Waals surface area (Å²) in [6.45, 7) is 3.04. The molecule has 4 rings (SSSR count). The Morgan fingerprint density at radius 2 is 1.93 bits per heavy atom. The zero-order valence-corrected chi connectivity index (χ0v) is 16.6. The number of hydrogen-bond donors (Lipinski definition) is 3. The molecule has 9 heteroatoms. The summed E-state index contributed by atoms with van der Waals surface area (Å²) < 4.78 is 7.66. The molecule has 144 valence electrons. The number of hydrogen-bond acceptors (Lipinski definition) is 7. The topological polar surface area (TPSA) is 77.9 Å². The molecule has 0 aliphatic carbocycles. The van der Waals surface area contributed by atoms with Crippen molar-refractivity contribution < 1.29 is 14.8 Å². The number of halogens is 1. The SMILES string of the molecule is OB(O)c1ccccc1Nc1c(SN2CCOCC2)cnc2ccc(Cl)cc12. The van der Waals surface area contributed by atoms with Gasteiger partial charge in [0.2, 0.25) is 0 Å². The van der Waals surface area contributed by atoms with Crippen LogP contribution in [0.5, 0.6) is 0 Å². The Bertz CT molecular complexity index is 986. The standard InChI is InChI=1S/C19H19BClN3O3S/c21-13-5-6-16-14(11-13)19(23-17-4-2-1-3-15(17)20(25)26)18(12-22-16)28-24-7-9-27-10-8-24/h1-6,11-12,25-26H,7-10H2,(H,22,23). The number of pyridine rings is 1. The number of fused-ring (bicyclic) bond motifs is 1. The highest BCUT2D eigenvalue weighted by atomic mass is 35.5. The van der Waals surface area contributed by atoms with E-state index in [0.717, 1.165) is 34.6 Å². The van der Waals surface area contributed by atoms with E-state index in [-0.39, 0.29) is 0 Å². The van der Waals surface area contributed by atoms with E-state index >= 15 is 0 Å². The lowest BCUT2D eigenvalue weighted by atomic mass is 9.79. The third-order valence-electron chi connectivity index (χ3n) is 4.49. The van der Waals surface area contributed by atoms with Crippen molar-refractivity contribution in [2.45, 2.75) is 4.90 Å². The summed E-state index contributed by atoms with van der Waals surface area (Å²) in [6.07, 6.45) is 1.83. The number of para-hydroxylation sites is 1. The van der Waals surface area contributed by atoms with Crippen LogP contribution >= 0.6 is 23.5 Å². The van der Waals surface area contributed by atoms with E-state index in [9.17, 15) is 10.0 Å². The quantitative estimate of drug-likeness (QED) is 0.437. The third kappa shape index (κ3) is 4.27. The monoisotopic (exact) mass is 415 g/mol. The zero-order valence-electron chi connectivity index (χ0n) is 15.0. The van der Waals surface area contributed by atoms with Gasteiger partial charge in [0.1, 0.15) is 0 Å². The van der Waals surface area contributed by atoms with Gasteiger partial charge in [-0.15, -0.1) is 0 Å². The van der Waals surface area contributed by atoms with Crippen molar-refractivity contribution in [2.75, 3.05) is 31.6 Å². The Balaban J connectivity index is 1.79. The first-order valence-electron chi connectivity index (χ1n) is 8.93. The van der Waals surface area contributed by atoms with E-state index < -0.39 is 7.12 Å². The highest BCUT2D eigenvalue weighted by Gasteiger charge is 2.20. The van der Waals surface area contributed by atoms with Crippen LogP contribution in [-0.4, -0.2) is 52.8 Å². The Labute approximate surface area is 172 Å². The van der Waals surface area contributed by atoms with Crippen molar-refractivity contribution in [2.24, 2.45) is 0 Å². The van der Waals surface area contributed by atoms with Crippen molar-refractivity contribution >= 4 is 58.4 Å². The van der Waals surface area contributed by atoms with Gasteiger partial charge in [0.05, 0.1) is 29.3 Å². The Morgan fingerprint density at radius 1 is 1.14 bits per heavy atom. The molecule has 0 amide bonds. The number of morpholine rings is 1. The van der Waals surface area contributed by atoms with Crippen LogP contribution < -0.4 is 10.8 Å². The Hall–Kier alpha value is -1.81. The molecule has 2 aromatic carbocycles. The van der Waals surface area contributed by atoms with Crippen LogP contribution in [0.3, 0.4) is 0 Å². The predicted octanol–water partition coefficient (Wildman–Crippen LogP) is 2.65. The van der Waals surface area contributed by atoms with Gasteiger partial charge in [0.15, 0.2) is 0 Å². The van der Waals surface area contributed by atoms with Gasteiger partial charge in [0.25, 0.3) is 0 Å². The summed E-state index contributed by atoms with van der Waals surface area (Å²) in [5.41, 5.74) is 2.66. The molecule has 3 N–H and O–H groups in total. The highest BCUT2D eigenvalue weighted by Crippen LogP contribution is 2.37. The van der Waals surface area contributed by atoms with E-state index in [1.807, 2.05) is 30.5 Å². The average Bonchev–Trinajstić information content (AvgIpc) is 2.71. The first-order valence-corrected chi connectivity index (χ1v) is 10.1. The van der Waals surface area contributed by atoms with Gasteiger partial charge in [-0.05, 0) is 36.2 Å². The molecular weight excluding hydrogens is 397 g/mol. The van der Waals surface area contributed by atoms with Gasteiger partial charge < -0.3 is 20.1 Å². The van der Waals surface area contributed by atoms with E-state index in [1.165, 1.54) is 0 Å². The molecule has 2 heterocycles. The van der Waals surface area contributed by atoms with Gasteiger partial charge in [0, 0.05) is 40.8 Å². The molecule has 1 aromatic heterocycles. The number of aromatic nitrogens is 1. The first-order chi connectivity index (χ1) is 13.6. The molecule has 3 aromatic rings. The molecule has 1 aliphatic rings. The minimum Gasteiger partial charge on any atom is -0.423 e. The average molecular weight is 416 g/mol. The van der Waals surface area contributed by atoms with Gasteiger partial charge >= 0.3 is 7.12 Å². The maximum atomic E-state index is 9.73. The molecule has 28 heavy (non-hydrogen) atoms. The molecule has 0 saturated carbocycles. The summed E-state index contributed by atoms with van der Waals surface area (Å²) in [6, 6.07) is 12.7. The fraction of sp³-hybridized carbons (Fsp3) is 0.211. The molecule has 1 fully saturated rings. The lowest BCUT2D eigenvalue weighted by Gasteiger charge is -2.26. The molecule has 0 spiro atoms. The van der Waals surface area contributed by atoms with Crippen LogP contribution in [0.15, 0.2) is 53.6 Å². The van der Waals surface area contributed by atoms with Crippen LogP contribution in [0.4, 0.5) is 11.4 Å². The second-order valence-corrected chi connectivity index (χ2v) is 7.95. The van der Waals surface area contributed by atoms with Gasteiger partial charge in [-0.1, -0.05) is 29.8 Å². The van der Waals surface area contributed by atoms with E-state index in [0.29, 0.717) is 29.4 Å². The third-order valence-corrected chi connectivity index (χ3v) is 5.86. The summed E-state index contributed by atoms with van der Waals surface area (Å²) >= 11 is 7.86. The van der Waals surface area contributed by atoms with Gasteiger partial charge in [-0.3, -0.25) is 4.98 Å². The van der Waals surface area contributed by atoms with Crippen LogP contribution in [0, 0.1) is 0 Å². The summed E-state index contributed by atoms with van der Waals surface area (Å²) in [7, 11) is -1.57. The highest BCUT2D eigenvalue weighted by molar-refractivity contribution is 7.97. The molecule has 0 unspecified atom stereocenters. The second kappa shape index (κ2) is 8.69. The van der Waals surface area contributed by atoms with Crippen molar-refractivity contribution in [1.82, 2.24) is 9.29 Å². The summed E-state index contributed by atoms with van der Waals surface area (Å²) in [5.74, 6) is 0. The molecule has 1 aliphatic heterocycles.